The van der Waals surface area contributed by atoms with Gasteiger partial charge in [0.05, 0.1) is 18.5 Å². The van der Waals surface area contributed by atoms with Gasteiger partial charge < -0.3 is 15.4 Å². The molecule has 6 nitrogen and oxygen atoms in total. The highest BCUT2D eigenvalue weighted by molar-refractivity contribution is 7.19. The number of aromatic nitrogens is 2. The number of fused-ring (bicyclic) bond motifs is 3. The second-order valence-electron chi connectivity index (χ2n) is 6.87. The third kappa shape index (κ3) is 3.77. The van der Waals surface area contributed by atoms with Crippen LogP contribution in [0.25, 0.3) is 10.2 Å². The van der Waals surface area contributed by atoms with Crippen molar-refractivity contribution in [2.24, 2.45) is 0 Å². The van der Waals surface area contributed by atoms with E-state index in [1.807, 2.05) is 30.0 Å². The summed E-state index contributed by atoms with van der Waals surface area (Å²) in [7, 11) is 0. The molecule has 8 heteroatoms. The van der Waals surface area contributed by atoms with E-state index in [4.69, 9.17) is 22.1 Å². The normalized spacial score (nSPS) is 13.6. The van der Waals surface area contributed by atoms with Crippen LogP contribution in [0.5, 0.6) is 5.75 Å². The van der Waals surface area contributed by atoms with Crippen molar-refractivity contribution in [2.75, 3.05) is 18.9 Å². The van der Waals surface area contributed by atoms with Gasteiger partial charge in [-0.3, -0.25) is 4.79 Å². The molecule has 0 bridgehead atoms. The van der Waals surface area contributed by atoms with Gasteiger partial charge in [0, 0.05) is 22.9 Å². The van der Waals surface area contributed by atoms with Crippen LogP contribution in [0, 0.1) is 6.92 Å². The summed E-state index contributed by atoms with van der Waals surface area (Å²) in [5, 5.41) is 1.68. The Morgan fingerprint density at radius 2 is 2.25 bits per heavy atom. The summed E-state index contributed by atoms with van der Waals surface area (Å²) < 4.78 is 5.73. The molecule has 0 radical (unpaired) electrons. The van der Waals surface area contributed by atoms with Crippen molar-refractivity contribution in [1.82, 2.24) is 14.9 Å². The summed E-state index contributed by atoms with van der Waals surface area (Å²) in [5.74, 6) is 1.45. The molecule has 2 aromatic heterocycles. The van der Waals surface area contributed by atoms with Crippen molar-refractivity contribution in [2.45, 2.75) is 32.7 Å². The van der Waals surface area contributed by atoms with E-state index in [0.717, 1.165) is 37.9 Å². The summed E-state index contributed by atoms with van der Waals surface area (Å²) in [6.45, 7) is 3.76. The van der Waals surface area contributed by atoms with Crippen molar-refractivity contribution in [3.05, 3.63) is 45.6 Å². The highest BCUT2D eigenvalue weighted by Crippen LogP contribution is 2.36. The van der Waals surface area contributed by atoms with Crippen molar-refractivity contribution in [3.63, 3.8) is 0 Å². The van der Waals surface area contributed by atoms with E-state index >= 15 is 0 Å². The fourth-order valence-corrected chi connectivity index (χ4v) is 4.77. The molecule has 0 unspecified atom stereocenters. The van der Waals surface area contributed by atoms with Gasteiger partial charge in [-0.15, -0.1) is 11.3 Å². The van der Waals surface area contributed by atoms with Gasteiger partial charge in [0.1, 0.15) is 22.7 Å². The van der Waals surface area contributed by atoms with Crippen LogP contribution in [0.2, 0.25) is 5.02 Å². The van der Waals surface area contributed by atoms with Gasteiger partial charge in [-0.1, -0.05) is 11.6 Å². The Morgan fingerprint density at radius 1 is 1.39 bits per heavy atom. The molecule has 1 amide bonds. The summed E-state index contributed by atoms with van der Waals surface area (Å²) >= 11 is 7.62. The number of thiophene rings is 1. The highest BCUT2D eigenvalue weighted by atomic mass is 35.5. The number of carbonyl (C=O) groups is 1. The topological polar surface area (TPSA) is 81.3 Å². The van der Waals surface area contributed by atoms with Gasteiger partial charge in [-0.2, -0.15) is 0 Å². The summed E-state index contributed by atoms with van der Waals surface area (Å²) in [4.78, 5) is 25.0. The summed E-state index contributed by atoms with van der Waals surface area (Å²) in [6.07, 6.45) is 3.42. The predicted octanol–water partition coefficient (Wildman–Crippen LogP) is 3.98. The van der Waals surface area contributed by atoms with Gasteiger partial charge in [-0.25, -0.2) is 9.97 Å². The number of halogens is 1. The van der Waals surface area contributed by atoms with Crippen LogP contribution in [-0.2, 0) is 17.8 Å². The molecule has 0 saturated heterocycles. The lowest BCUT2D eigenvalue weighted by Crippen LogP contribution is -2.35. The molecule has 1 aromatic carbocycles. The second kappa shape index (κ2) is 7.93. The average Bonchev–Trinajstić information content (AvgIpc) is 3.06. The zero-order valence-electron chi connectivity index (χ0n) is 15.6. The molecule has 1 aliphatic rings. The molecule has 3 heterocycles. The number of benzene rings is 1. The lowest BCUT2D eigenvalue weighted by atomic mass is 10.0. The molecule has 0 atom stereocenters. The Hall–Kier alpha value is -2.38. The lowest BCUT2D eigenvalue weighted by molar-refractivity contribution is -0.132. The number of amides is 1. The van der Waals surface area contributed by atoms with E-state index < -0.39 is 0 Å². The van der Waals surface area contributed by atoms with E-state index in [1.54, 1.807) is 11.3 Å². The molecular formula is C20H21ClN4O2S. The summed E-state index contributed by atoms with van der Waals surface area (Å²) in [6, 6.07) is 5.58. The molecule has 28 heavy (non-hydrogen) atoms. The number of ether oxygens (including phenoxy) is 1. The van der Waals surface area contributed by atoms with Crippen LogP contribution < -0.4 is 10.5 Å². The first-order valence-corrected chi connectivity index (χ1v) is 10.4. The number of hydrogen-bond donors (Lipinski definition) is 1. The maximum atomic E-state index is 12.6. The third-order valence-electron chi connectivity index (χ3n) is 4.95. The quantitative estimate of drug-likeness (QED) is 0.636. The fourth-order valence-electron chi connectivity index (χ4n) is 3.44. The number of anilines is 1. The predicted molar refractivity (Wildman–Crippen MR) is 112 cm³/mol. The third-order valence-corrected chi connectivity index (χ3v) is 6.50. The van der Waals surface area contributed by atoms with Crippen molar-refractivity contribution in [3.8, 4) is 5.75 Å². The van der Waals surface area contributed by atoms with Gasteiger partial charge in [0.25, 0.3) is 0 Å². The Kier molecular flexibility index (Phi) is 5.37. The monoisotopic (exact) mass is 416 g/mol. The molecule has 0 spiro atoms. The lowest BCUT2D eigenvalue weighted by Gasteiger charge is -2.27. The van der Waals surface area contributed by atoms with Crippen LogP contribution in [0.3, 0.4) is 0 Å². The van der Waals surface area contributed by atoms with Gasteiger partial charge in [0.2, 0.25) is 5.91 Å². The van der Waals surface area contributed by atoms with E-state index in [-0.39, 0.29) is 5.91 Å². The van der Waals surface area contributed by atoms with E-state index in [9.17, 15) is 4.79 Å². The van der Waals surface area contributed by atoms with Gasteiger partial charge in [0.15, 0.2) is 0 Å². The molecule has 0 saturated carbocycles. The summed E-state index contributed by atoms with van der Waals surface area (Å²) in [5.41, 5.74) is 8.20. The largest absolute Gasteiger partial charge is 0.494 e. The molecule has 4 rings (SSSR count). The SMILES string of the molecule is Cc1cc(OCCCC(=O)N2CCc3c(sc4ncnc(N)c34)C2)ccc1Cl. The van der Waals surface area contributed by atoms with Crippen LogP contribution in [0.15, 0.2) is 24.5 Å². The molecule has 2 N–H and O–H groups in total. The number of nitrogens with zero attached hydrogens (tertiary/aromatic N) is 3. The van der Waals surface area contributed by atoms with Crippen LogP contribution in [0.1, 0.15) is 28.8 Å². The maximum absolute atomic E-state index is 12.6. The van der Waals surface area contributed by atoms with Crippen LogP contribution >= 0.6 is 22.9 Å². The zero-order chi connectivity index (χ0) is 19.7. The number of nitrogen functional groups attached to an aromatic ring is 1. The Morgan fingerprint density at radius 3 is 3.07 bits per heavy atom. The van der Waals surface area contributed by atoms with E-state index in [0.29, 0.717) is 38.4 Å². The Bertz CT molecular complexity index is 1040. The minimum Gasteiger partial charge on any atom is -0.494 e. The van der Waals surface area contributed by atoms with E-state index in [2.05, 4.69) is 9.97 Å². The molecule has 0 aliphatic carbocycles. The number of hydrogen-bond acceptors (Lipinski definition) is 6. The first-order valence-electron chi connectivity index (χ1n) is 9.20. The van der Waals surface area contributed by atoms with Crippen LogP contribution in [-0.4, -0.2) is 33.9 Å². The number of rotatable bonds is 5. The van der Waals surface area contributed by atoms with E-state index in [1.165, 1.54) is 11.9 Å². The zero-order valence-corrected chi connectivity index (χ0v) is 17.1. The van der Waals surface area contributed by atoms with Crippen molar-refractivity contribution < 1.29 is 9.53 Å². The Labute approximate surface area is 172 Å². The minimum absolute atomic E-state index is 0.151. The number of aryl methyl sites for hydroxylation is 1. The fraction of sp³-hybridized carbons (Fsp3) is 0.350. The molecule has 146 valence electrons. The van der Waals surface area contributed by atoms with Gasteiger partial charge in [-0.05, 0) is 49.1 Å². The molecule has 3 aromatic rings. The number of carbonyl (C=O) groups excluding carboxylic acids is 1. The minimum atomic E-state index is 0.151. The Balaban J connectivity index is 1.32. The van der Waals surface area contributed by atoms with Crippen molar-refractivity contribution in [1.29, 1.82) is 0 Å². The standard InChI is InChI=1S/C20H21ClN4O2S/c1-12-9-13(4-5-15(12)21)27-8-2-3-17(26)25-7-6-14-16(10-25)28-20-18(14)19(22)23-11-24-20/h4-5,9,11H,2-3,6-8,10H2,1H3,(H2,22,23,24). The van der Waals surface area contributed by atoms with Gasteiger partial charge >= 0.3 is 0 Å². The molecule has 0 fully saturated rings. The molecule has 1 aliphatic heterocycles. The van der Waals surface area contributed by atoms with Crippen molar-refractivity contribution >= 4 is 44.9 Å². The first-order chi connectivity index (χ1) is 13.5. The average molecular weight is 417 g/mol. The highest BCUT2D eigenvalue weighted by Gasteiger charge is 2.25. The smallest absolute Gasteiger partial charge is 0.223 e. The second-order valence-corrected chi connectivity index (χ2v) is 8.36. The molecular weight excluding hydrogens is 396 g/mol. The maximum Gasteiger partial charge on any atom is 0.223 e. The first kappa shape index (κ1) is 19.0. The number of nitrogens with two attached hydrogens (primary N) is 1. The van der Waals surface area contributed by atoms with Crippen LogP contribution in [0.4, 0.5) is 5.82 Å².